The molecule has 0 aromatic carbocycles. The van der Waals surface area contributed by atoms with Crippen molar-refractivity contribution in [3.8, 4) is 5.75 Å². The molecule has 0 fully saturated rings. The van der Waals surface area contributed by atoms with Crippen LogP contribution in [-0.2, 0) is 0 Å². The molecule has 0 radical (unpaired) electrons. The Morgan fingerprint density at radius 3 is 2.92 bits per heavy atom. The second kappa shape index (κ2) is 3.25. The summed E-state index contributed by atoms with van der Waals surface area (Å²) in [5.74, 6) is -0.989. The van der Waals surface area contributed by atoms with Gasteiger partial charge in [-0.1, -0.05) is 5.16 Å². The van der Waals surface area contributed by atoms with Crippen molar-refractivity contribution in [2.24, 2.45) is 0 Å². The normalized spacial score (nSPS) is 10.2. The molecule has 0 spiro atoms. The molecule has 5 heteroatoms. The first-order valence-corrected chi connectivity index (χ1v) is 3.45. The van der Waals surface area contributed by atoms with Gasteiger partial charge >= 0.3 is 5.97 Å². The predicted octanol–water partition coefficient (Wildman–Crippen LogP) is 1.16. The molecule has 0 bridgehead atoms. The number of aromatic nitrogens is 1. The number of hydrogen-bond donors (Lipinski definition) is 1. The highest BCUT2D eigenvalue weighted by Gasteiger charge is 2.16. The first-order chi connectivity index (χ1) is 5.61. The lowest BCUT2D eigenvalue weighted by Gasteiger charge is -2.05. The number of hydrogen-bond acceptors (Lipinski definition) is 4. The van der Waals surface area contributed by atoms with Crippen LogP contribution in [0.4, 0.5) is 0 Å². The average molecular weight is 171 g/mol. The molecule has 0 aliphatic carbocycles. The van der Waals surface area contributed by atoms with E-state index in [0.29, 0.717) is 0 Å². The Hall–Kier alpha value is -1.52. The fraction of sp³-hybridized carbons (Fsp3) is 0.429. The Bertz CT molecular complexity index is 279. The molecule has 1 aromatic heterocycles. The summed E-state index contributed by atoms with van der Waals surface area (Å²) in [6.07, 6.45) is 1.08. The fourth-order valence-corrected chi connectivity index (χ4v) is 0.710. The van der Waals surface area contributed by atoms with Gasteiger partial charge in [0.2, 0.25) is 5.69 Å². The average Bonchev–Trinajstić information content (AvgIpc) is 2.33. The number of carbonyl (C=O) groups is 1. The number of carboxylic acids is 1. The summed E-state index contributed by atoms with van der Waals surface area (Å²) in [6.45, 7) is 3.58. The van der Waals surface area contributed by atoms with Gasteiger partial charge in [0.15, 0.2) is 12.0 Å². The zero-order valence-corrected chi connectivity index (χ0v) is 6.77. The minimum Gasteiger partial charge on any atom is -0.485 e. The van der Waals surface area contributed by atoms with Crippen LogP contribution >= 0.6 is 0 Å². The molecule has 0 amide bonds. The summed E-state index contributed by atoms with van der Waals surface area (Å²) in [7, 11) is 0. The Labute approximate surface area is 68.9 Å². The number of aromatic carboxylic acids is 1. The van der Waals surface area contributed by atoms with Gasteiger partial charge in [-0.05, 0) is 13.8 Å². The topological polar surface area (TPSA) is 72.6 Å². The molecule has 12 heavy (non-hydrogen) atoms. The lowest BCUT2D eigenvalue weighted by molar-refractivity contribution is 0.0680. The summed E-state index contributed by atoms with van der Waals surface area (Å²) in [5.41, 5.74) is -0.191. The quantitative estimate of drug-likeness (QED) is 0.738. The van der Waals surface area contributed by atoms with Crippen molar-refractivity contribution < 1.29 is 19.2 Å². The van der Waals surface area contributed by atoms with E-state index in [1.807, 2.05) is 0 Å². The van der Waals surface area contributed by atoms with Gasteiger partial charge in [-0.3, -0.25) is 0 Å². The largest absolute Gasteiger partial charge is 0.485 e. The number of rotatable bonds is 3. The highest BCUT2D eigenvalue weighted by molar-refractivity contribution is 5.88. The number of carboxylic acid groups (broad SMARTS) is 1. The Morgan fingerprint density at radius 1 is 1.75 bits per heavy atom. The molecular weight excluding hydrogens is 162 g/mol. The predicted molar refractivity (Wildman–Crippen MR) is 39.2 cm³/mol. The van der Waals surface area contributed by atoms with Crippen LogP contribution in [0.1, 0.15) is 24.3 Å². The molecule has 0 unspecified atom stereocenters. The zero-order valence-electron chi connectivity index (χ0n) is 6.77. The molecule has 5 nitrogen and oxygen atoms in total. The summed E-state index contributed by atoms with van der Waals surface area (Å²) >= 11 is 0. The molecule has 0 saturated heterocycles. The smallest absolute Gasteiger partial charge is 0.362 e. The molecule has 1 aromatic rings. The maximum atomic E-state index is 10.5. The van der Waals surface area contributed by atoms with Crippen LogP contribution in [0, 0.1) is 0 Å². The van der Waals surface area contributed by atoms with Crippen molar-refractivity contribution in [3.05, 3.63) is 12.0 Å². The lowest BCUT2D eigenvalue weighted by Crippen LogP contribution is -2.08. The van der Waals surface area contributed by atoms with Gasteiger partial charge in [0, 0.05) is 0 Å². The van der Waals surface area contributed by atoms with Crippen molar-refractivity contribution in [2.45, 2.75) is 20.0 Å². The van der Waals surface area contributed by atoms with Crippen LogP contribution in [-0.4, -0.2) is 22.3 Å². The monoisotopic (exact) mass is 171 g/mol. The summed E-state index contributed by atoms with van der Waals surface area (Å²) in [6, 6.07) is 0. The van der Waals surface area contributed by atoms with E-state index in [-0.39, 0.29) is 17.5 Å². The first-order valence-electron chi connectivity index (χ1n) is 3.45. The SMILES string of the molecule is CC(C)Oc1conc1C(=O)O. The van der Waals surface area contributed by atoms with E-state index in [9.17, 15) is 4.79 Å². The third-order valence-corrected chi connectivity index (χ3v) is 1.10. The minimum atomic E-state index is -1.15. The summed E-state index contributed by atoms with van der Waals surface area (Å²) in [4.78, 5) is 10.5. The van der Waals surface area contributed by atoms with Gasteiger partial charge in [-0.2, -0.15) is 0 Å². The lowest BCUT2D eigenvalue weighted by atomic mass is 10.4. The van der Waals surface area contributed by atoms with Crippen LogP contribution in [0.5, 0.6) is 5.75 Å². The molecule has 1 N–H and O–H groups in total. The van der Waals surface area contributed by atoms with E-state index in [2.05, 4.69) is 9.68 Å². The van der Waals surface area contributed by atoms with E-state index in [1.54, 1.807) is 13.8 Å². The van der Waals surface area contributed by atoms with Crippen molar-refractivity contribution in [3.63, 3.8) is 0 Å². The van der Waals surface area contributed by atoms with Crippen LogP contribution in [0.25, 0.3) is 0 Å². The van der Waals surface area contributed by atoms with Gasteiger partial charge in [-0.15, -0.1) is 0 Å². The third-order valence-electron chi connectivity index (χ3n) is 1.10. The maximum Gasteiger partial charge on any atom is 0.362 e. The zero-order chi connectivity index (χ0) is 9.14. The van der Waals surface area contributed by atoms with E-state index in [4.69, 9.17) is 9.84 Å². The van der Waals surface area contributed by atoms with Crippen molar-refractivity contribution in [2.75, 3.05) is 0 Å². The van der Waals surface area contributed by atoms with E-state index in [0.717, 1.165) is 0 Å². The van der Waals surface area contributed by atoms with E-state index < -0.39 is 5.97 Å². The van der Waals surface area contributed by atoms with Gasteiger partial charge < -0.3 is 14.4 Å². The van der Waals surface area contributed by atoms with Gasteiger partial charge in [0.05, 0.1) is 6.10 Å². The van der Waals surface area contributed by atoms with Crippen molar-refractivity contribution in [1.29, 1.82) is 0 Å². The molecule has 0 atom stereocenters. The maximum absolute atomic E-state index is 10.5. The van der Waals surface area contributed by atoms with Gasteiger partial charge in [0.25, 0.3) is 0 Å². The van der Waals surface area contributed by atoms with Crippen LogP contribution in [0.3, 0.4) is 0 Å². The van der Waals surface area contributed by atoms with Crippen molar-refractivity contribution >= 4 is 5.97 Å². The highest BCUT2D eigenvalue weighted by Crippen LogP contribution is 2.17. The summed E-state index contributed by atoms with van der Waals surface area (Å²) in [5, 5.41) is 11.8. The standard InChI is InChI=1S/C7H9NO4/c1-4(2)12-5-3-11-8-6(5)7(9)10/h3-4H,1-2H3,(H,9,10). The number of nitrogens with zero attached hydrogens (tertiary/aromatic N) is 1. The molecule has 1 heterocycles. The van der Waals surface area contributed by atoms with Crippen molar-refractivity contribution in [1.82, 2.24) is 5.16 Å². The van der Waals surface area contributed by atoms with E-state index >= 15 is 0 Å². The second-order valence-corrected chi connectivity index (χ2v) is 2.50. The van der Waals surface area contributed by atoms with Gasteiger partial charge in [-0.25, -0.2) is 4.79 Å². The fourth-order valence-electron chi connectivity index (χ4n) is 0.710. The Kier molecular flexibility index (Phi) is 2.32. The molecular formula is C7H9NO4. The van der Waals surface area contributed by atoms with Gasteiger partial charge in [0.1, 0.15) is 0 Å². The Morgan fingerprint density at radius 2 is 2.42 bits per heavy atom. The minimum absolute atomic E-state index is 0.0949. The first kappa shape index (κ1) is 8.58. The molecule has 0 saturated carbocycles. The Balaban J connectivity index is 2.84. The molecule has 66 valence electrons. The molecule has 0 aliphatic heterocycles. The number of ether oxygens (including phenoxy) is 1. The second-order valence-electron chi connectivity index (χ2n) is 2.50. The molecule has 0 aliphatic rings. The highest BCUT2D eigenvalue weighted by atomic mass is 16.5. The van der Waals surface area contributed by atoms with E-state index in [1.165, 1.54) is 6.26 Å². The third kappa shape index (κ3) is 1.75. The molecule has 1 rings (SSSR count). The van der Waals surface area contributed by atoms with Crippen LogP contribution < -0.4 is 4.74 Å². The van der Waals surface area contributed by atoms with Crippen LogP contribution in [0.15, 0.2) is 10.8 Å². The van der Waals surface area contributed by atoms with Crippen LogP contribution in [0.2, 0.25) is 0 Å². The summed E-state index contributed by atoms with van der Waals surface area (Å²) < 4.78 is 9.56.